The smallest absolute Gasteiger partial charge is 0.493 e. The summed E-state index contributed by atoms with van der Waals surface area (Å²) in [5, 5.41) is 0. The predicted octanol–water partition coefficient (Wildman–Crippen LogP) is 4.26. The van der Waals surface area contributed by atoms with Crippen molar-refractivity contribution in [1.82, 2.24) is 4.90 Å². The van der Waals surface area contributed by atoms with Gasteiger partial charge in [0, 0.05) is 18.7 Å². The number of ether oxygens (including phenoxy) is 3. The van der Waals surface area contributed by atoms with Gasteiger partial charge in [0.05, 0.1) is 14.2 Å². The Kier molecular flexibility index (Phi) is 6.55. The average Bonchev–Trinajstić information content (AvgIpc) is 2.64. The molecular weight excluding hydrogens is 363 g/mol. The molecule has 0 N–H and O–H groups in total. The molecule has 0 aliphatic rings. The van der Waals surface area contributed by atoms with Crippen molar-refractivity contribution in [3.8, 4) is 17.2 Å². The van der Waals surface area contributed by atoms with E-state index in [0.29, 0.717) is 24.6 Å². The Labute approximate surface area is 155 Å². The number of amides is 1. The highest BCUT2D eigenvalue weighted by molar-refractivity contribution is 5.94. The number of rotatable bonds is 7. The van der Waals surface area contributed by atoms with Crippen LogP contribution in [-0.2, 0) is 6.54 Å². The Morgan fingerprint density at radius 1 is 1.00 bits per heavy atom. The van der Waals surface area contributed by atoms with E-state index in [1.807, 2.05) is 13.0 Å². The highest BCUT2D eigenvalue weighted by Crippen LogP contribution is 2.28. The number of alkyl halides is 3. The predicted molar refractivity (Wildman–Crippen MR) is 93.1 cm³/mol. The van der Waals surface area contributed by atoms with Gasteiger partial charge in [0.25, 0.3) is 5.91 Å². The van der Waals surface area contributed by atoms with Gasteiger partial charge < -0.3 is 19.1 Å². The van der Waals surface area contributed by atoms with Crippen LogP contribution in [0, 0.1) is 0 Å². The summed E-state index contributed by atoms with van der Waals surface area (Å²) >= 11 is 0. The number of carbonyl (C=O) groups is 1. The van der Waals surface area contributed by atoms with Crippen molar-refractivity contribution >= 4 is 5.91 Å². The zero-order valence-electron chi connectivity index (χ0n) is 15.2. The maximum Gasteiger partial charge on any atom is 0.573 e. The molecule has 0 aromatic heterocycles. The third-order valence-corrected chi connectivity index (χ3v) is 3.83. The summed E-state index contributed by atoms with van der Waals surface area (Å²) < 4.78 is 50.9. The van der Waals surface area contributed by atoms with Gasteiger partial charge in [-0.05, 0) is 48.9 Å². The van der Waals surface area contributed by atoms with Crippen molar-refractivity contribution in [3.63, 3.8) is 0 Å². The second-order valence-corrected chi connectivity index (χ2v) is 5.58. The third-order valence-electron chi connectivity index (χ3n) is 3.83. The standard InChI is InChI=1S/C19H20F3NO4/c1-4-23(12-13-5-10-16(25-2)17(11-13)26-3)18(24)14-6-8-15(9-7-14)27-19(20,21)22/h5-11H,4,12H2,1-3H3. The zero-order valence-corrected chi connectivity index (χ0v) is 15.2. The molecule has 0 spiro atoms. The molecule has 0 heterocycles. The number of hydrogen-bond acceptors (Lipinski definition) is 4. The van der Waals surface area contributed by atoms with Crippen LogP contribution in [0.2, 0.25) is 0 Å². The molecular formula is C19H20F3NO4. The maximum atomic E-state index is 12.7. The van der Waals surface area contributed by atoms with Gasteiger partial charge >= 0.3 is 6.36 Å². The minimum absolute atomic E-state index is 0.270. The van der Waals surface area contributed by atoms with Gasteiger partial charge in [-0.1, -0.05) is 6.07 Å². The van der Waals surface area contributed by atoms with Gasteiger partial charge in [-0.3, -0.25) is 4.79 Å². The van der Waals surface area contributed by atoms with Gasteiger partial charge in [-0.25, -0.2) is 0 Å². The molecule has 0 unspecified atom stereocenters. The summed E-state index contributed by atoms with van der Waals surface area (Å²) in [6, 6.07) is 10.2. The molecule has 2 aromatic carbocycles. The van der Waals surface area contributed by atoms with E-state index in [-0.39, 0.29) is 17.2 Å². The second kappa shape index (κ2) is 8.66. The quantitative estimate of drug-likeness (QED) is 0.717. The lowest BCUT2D eigenvalue weighted by atomic mass is 10.1. The van der Waals surface area contributed by atoms with Crippen LogP contribution in [0.15, 0.2) is 42.5 Å². The van der Waals surface area contributed by atoms with Crippen LogP contribution in [0.1, 0.15) is 22.8 Å². The first kappa shape index (κ1) is 20.4. The third kappa shape index (κ3) is 5.54. The van der Waals surface area contributed by atoms with E-state index in [1.165, 1.54) is 26.4 Å². The van der Waals surface area contributed by atoms with Crippen LogP contribution in [0.25, 0.3) is 0 Å². The van der Waals surface area contributed by atoms with Crippen molar-refractivity contribution in [2.24, 2.45) is 0 Å². The zero-order chi connectivity index (χ0) is 20.0. The first-order chi connectivity index (χ1) is 12.8. The molecule has 5 nitrogen and oxygen atoms in total. The minimum Gasteiger partial charge on any atom is -0.493 e. The average molecular weight is 383 g/mol. The van der Waals surface area contributed by atoms with Crippen LogP contribution < -0.4 is 14.2 Å². The fourth-order valence-electron chi connectivity index (χ4n) is 2.51. The number of halogens is 3. The summed E-state index contributed by atoms with van der Waals surface area (Å²) in [6.07, 6.45) is -4.77. The fraction of sp³-hybridized carbons (Fsp3) is 0.316. The van der Waals surface area contributed by atoms with E-state index < -0.39 is 6.36 Å². The number of carbonyl (C=O) groups excluding carboxylic acids is 1. The molecule has 0 bridgehead atoms. The van der Waals surface area contributed by atoms with Gasteiger partial charge in [-0.2, -0.15) is 0 Å². The van der Waals surface area contributed by atoms with Gasteiger partial charge in [0.2, 0.25) is 0 Å². The van der Waals surface area contributed by atoms with E-state index in [4.69, 9.17) is 9.47 Å². The molecule has 0 saturated heterocycles. The van der Waals surface area contributed by atoms with E-state index in [0.717, 1.165) is 17.7 Å². The summed E-state index contributed by atoms with van der Waals surface area (Å²) in [5.74, 6) is 0.455. The van der Waals surface area contributed by atoms with Crippen molar-refractivity contribution in [2.45, 2.75) is 19.8 Å². The summed E-state index contributed by atoms with van der Waals surface area (Å²) in [6.45, 7) is 2.56. The van der Waals surface area contributed by atoms with Crippen molar-refractivity contribution in [1.29, 1.82) is 0 Å². The van der Waals surface area contributed by atoms with Crippen LogP contribution in [0.3, 0.4) is 0 Å². The molecule has 0 atom stereocenters. The molecule has 0 aliphatic heterocycles. The molecule has 27 heavy (non-hydrogen) atoms. The Bertz CT molecular complexity index is 776. The van der Waals surface area contributed by atoms with Crippen LogP contribution in [0.5, 0.6) is 17.2 Å². The molecule has 0 radical (unpaired) electrons. The van der Waals surface area contributed by atoms with Crippen molar-refractivity contribution in [2.75, 3.05) is 20.8 Å². The molecule has 2 rings (SSSR count). The number of nitrogens with zero attached hydrogens (tertiary/aromatic N) is 1. The normalized spacial score (nSPS) is 11.0. The van der Waals surface area contributed by atoms with E-state index in [1.54, 1.807) is 17.0 Å². The second-order valence-electron chi connectivity index (χ2n) is 5.58. The number of benzene rings is 2. The Morgan fingerprint density at radius 2 is 1.63 bits per heavy atom. The lowest BCUT2D eigenvalue weighted by Crippen LogP contribution is -2.30. The van der Waals surface area contributed by atoms with Gasteiger partial charge in [0.15, 0.2) is 11.5 Å². The van der Waals surface area contributed by atoms with Crippen LogP contribution >= 0.6 is 0 Å². The van der Waals surface area contributed by atoms with Gasteiger partial charge in [0.1, 0.15) is 5.75 Å². The fourth-order valence-corrected chi connectivity index (χ4v) is 2.51. The topological polar surface area (TPSA) is 48.0 Å². The highest BCUT2D eigenvalue weighted by Gasteiger charge is 2.31. The molecule has 146 valence electrons. The number of methoxy groups -OCH3 is 2. The minimum atomic E-state index is -4.77. The molecule has 0 aliphatic carbocycles. The van der Waals surface area contributed by atoms with E-state index in [2.05, 4.69) is 4.74 Å². The van der Waals surface area contributed by atoms with E-state index >= 15 is 0 Å². The Balaban J connectivity index is 2.14. The van der Waals surface area contributed by atoms with Crippen molar-refractivity contribution in [3.05, 3.63) is 53.6 Å². The van der Waals surface area contributed by atoms with E-state index in [9.17, 15) is 18.0 Å². The SMILES string of the molecule is CCN(Cc1ccc(OC)c(OC)c1)C(=O)c1ccc(OC(F)(F)F)cc1. The largest absolute Gasteiger partial charge is 0.573 e. The lowest BCUT2D eigenvalue weighted by Gasteiger charge is -2.22. The number of hydrogen-bond donors (Lipinski definition) is 0. The molecule has 0 saturated carbocycles. The first-order valence-electron chi connectivity index (χ1n) is 8.13. The molecule has 0 fully saturated rings. The molecule has 2 aromatic rings. The Morgan fingerprint density at radius 3 is 2.15 bits per heavy atom. The summed E-state index contributed by atoms with van der Waals surface area (Å²) in [4.78, 5) is 14.2. The van der Waals surface area contributed by atoms with Gasteiger partial charge in [-0.15, -0.1) is 13.2 Å². The molecule has 1 amide bonds. The monoisotopic (exact) mass is 383 g/mol. The van der Waals surface area contributed by atoms with Crippen LogP contribution in [-0.4, -0.2) is 37.9 Å². The molecule has 8 heteroatoms. The Hall–Kier alpha value is -2.90. The first-order valence-corrected chi connectivity index (χ1v) is 8.13. The maximum absolute atomic E-state index is 12.7. The summed E-state index contributed by atoms with van der Waals surface area (Å²) in [7, 11) is 3.06. The lowest BCUT2D eigenvalue weighted by molar-refractivity contribution is -0.274. The summed E-state index contributed by atoms with van der Waals surface area (Å²) in [5.41, 5.74) is 1.10. The highest BCUT2D eigenvalue weighted by atomic mass is 19.4. The van der Waals surface area contributed by atoms with Crippen LogP contribution in [0.4, 0.5) is 13.2 Å². The van der Waals surface area contributed by atoms with Crippen molar-refractivity contribution < 1.29 is 32.2 Å².